The fraction of sp³-hybridized carbons (Fsp3) is 0.231. The molecular formula is C13H15FN4. The molecule has 0 aliphatic heterocycles. The van der Waals surface area contributed by atoms with E-state index >= 15 is 0 Å². The molecule has 0 atom stereocenters. The van der Waals surface area contributed by atoms with Crippen LogP contribution in [0.2, 0.25) is 0 Å². The number of aryl methyl sites for hydroxylation is 1. The fourth-order valence-corrected chi connectivity index (χ4v) is 1.64. The Hall–Kier alpha value is -2.17. The molecule has 18 heavy (non-hydrogen) atoms. The van der Waals surface area contributed by atoms with Gasteiger partial charge in [-0.15, -0.1) is 0 Å². The largest absolute Gasteiger partial charge is 0.383 e. The molecule has 0 unspecified atom stereocenters. The number of nitrogens with two attached hydrogens (primary N) is 1. The summed E-state index contributed by atoms with van der Waals surface area (Å²) < 4.78 is 13.4. The van der Waals surface area contributed by atoms with Gasteiger partial charge in [0.15, 0.2) is 0 Å². The Morgan fingerprint density at radius 1 is 1.11 bits per heavy atom. The zero-order valence-electron chi connectivity index (χ0n) is 10.6. The van der Waals surface area contributed by atoms with Crippen LogP contribution in [0.4, 0.5) is 21.7 Å². The molecule has 0 saturated carbocycles. The summed E-state index contributed by atoms with van der Waals surface area (Å²) in [5.41, 5.74) is 7.76. The number of aromatic nitrogens is 2. The van der Waals surface area contributed by atoms with Crippen molar-refractivity contribution in [3.63, 3.8) is 0 Å². The average Bonchev–Trinajstić information content (AvgIpc) is 2.31. The summed E-state index contributed by atoms with van der Waals surface area (Å²) in [4.78, 5) is 8.34. The summed E-state index contributed by atoms with van der Waals surface area (Å²) in [6.07, 6.45) is 0. The van der Waals surface area contributed by atoms with Crippen LogP contribution in [0.1, 0.15) is 17.0 Å². The number of benzene rings is 1. The van der Waals surface area contributed by atoms with Gasteiger partial charge in [-0.25, -0.2) is 14.4 Å². The first-order chi connectivity index (χ1) is 8.49. The number of nitrogens with one attached hydrogen (secondary N) is 1. The molecule has 4 nitrogen and oxygen atoms in total. The lowest BCUT2D eigenvalue weighted by molar-refractivity contribution is 0.619. The van der Waals surface area contributed by atoms with Crippen molar-refractivity contribution in [2.45, 2.75) is 20.8 Å². The van der Waals surface area contributed by atoms with Gasteiger partial charge >= 0.3 is 0 Å². The molecule has 2 rings (SSSR count). The number of nitrogen functional groups attached to an aromatic ring is 1. The van der Waals surface area contributed by atoms with Gasteiger partial charge in [-0.3, -0.25) is 0 Å². The lowest BCUT2D eigenvalue weighted by atomic mass is 10.2. The molecule has 0 saturated heterocycles. The van der Waals surface area contributed by atoms with E-state index in [1.807, 2.05) is 6.92 Å². The summed E-state index contributed by atoms with van der Waals surface area (Å²) in [7, 11) is 0. The van der Waals surface area contributed by atoms with Crippen molar-refractivity contribution < 1.29 is 4.39 Å². The van der Waals surface area contributed by atoms with E-state index in [-0.39, 0.29) is 5.82 Å². The molecule has 0 amide bonds. The average molecular weight is 246 g/mol. The second-order valence-electron chi connectivity index (χ2n) is 4.17. The quantitative estimate of drug-likeness (QED) is 0.855. The second kappa shape index (κ2) is 4.60. The Labute approximate surface area is 105 Å². The van der Waals surface area contributed by atoms with Crippen LogP contribution in [0, 0.1) is 26.6 Å². The summed E-state index contributed by atoms with van der Waals surface area (Å²) in [6, 6.07) is 4.87. The van der Waals surface area contributed by atoms with Crippen LogP contribution in [0.25, 0.3) is 0 Å². The number of nitrogens with zero attached hydrogens (tertiary/aromatic N) is 2. The lowest BCUT2D eigenvalue weighted by Crippen LogP contribution is -2.05. The van der Waals surface area contributed by atoms with Crippen molar-refractivity contribution >= 4 is 17.3 Å². The smallest absolute Gasteiger partial charge is 0.139 e. The number of hydrogen-bond donors (Lipinski definition) is 2. The van der Waals surface area contributed by atoms with E-state index in [0.717, 1.165) is 5.56 Å². The second-order valence-corrected chi connectivity index (χ2v) is 4.17. The third-order valence-electron chi connectivity index (χ3n) is 2.82. The molecule has 0 radical (unpaired) electrons. The van der Waals surface area contributed by atoms with Crippen LogP contribution in [0.3, 0.4) is 0 Å². The highest BCUT2D eigenvalue weighted by Crippen LogP contribution is 2.25. The highest BCUT2D eigenvalue weighted by Gasteiger charge is 2.09. The van der Waals surface area contributed by atoms with Gasteiger partial charge in [0, 0.05) is 16.8 Å². The predicted octanol–water partition coefficient (Wildman–Crippen LogP) is 2.87. The Kier molecular flexibility index (Phi) is 3.14. The first-order valence-electron chi connectivity index (χ1n) is 5.62. The molecule has 1 aromatic carbocycles. The van der Waals surface area contributed by atoms with Gasteiger partial charge in [-0.1, -0.05) is 6.07 Å². The van der Waals surface area contributed by atoms with E-state index in [9.17, 15) is 4.39 Å². The van der Waals surface area contributed by atoms with Crippen molar-refractivity contribution in [3.8, 4) is 0 Å². The van der Waals surface area contributed by atoms with E-state index in [0.29, 0.717) is 28.7 Å². The van der Waals surface area contributed by atoms with Gasteiger partial charge in [-0.05, 0) is 32.9 Å². The summed E-state index contributed by atoms with van der Waals surface area (Å²) >= 11 is 0. The topological polar surface area (TPSA) is 63.8 Å². The molecule has 2 aromatic rings. The van der Waals surface area contributed by atoms with Crippen molar-refractivity contribution in [3.05, 3.63) is 41.0 Å². The maximum atomic E-state index is 13.4. The summed E-state index contributed by atoms with van der Waals surface area (Å²) in [5, 5.41) is 3.09. The maximum absolute atomic E-state index is 13.4. The SMILES string of the molecule is Cc1nc(N)c(C)c(Nc2cccc(F)c2C)n1. The minimum Gasteiger partial charge on any atom is -0.383 e. The van der Waals surface area contributed by atoms with Crippen LogP contribution in [0.5, 0.6) is 0 Å². The number of hydrogen-bond acceptors (Lipinski definition) is 4. The van der Waals surface area contributed by atoms with Gasteiger partial charge in [0.2, 0.25) is 0 Å². The third kappa shape index (κ3) is 2.25. The molecule has 1 heterocycles. The molecule has 0 aliphatic rings. The molecule has 0 spiro atoms. The monoisotopic (exact) mass is 246 g/mol. The van der Waals surface area contributed by atoms with Crippen LogP contribution in [0.15, 0.2) is 18.2 Å². The van der Waals surface area contributed by atoms with E-state index in [2.05, 4.69) is 15.3 Å². The Balaban J connectivity index is 2.43. The Morgan fingerprint density at radius 3 is 2.56 bits per heavy atom. The number of anilines is 3. The lowest BCUT2D eigenvalue weighted by Gasteiger charge is -2.13. The van der Waals surface area contributed by atoms with Gasteiger partial charge in [0.05, 0.1) is 0 Å². The number of halogens is 1. The maximum Gasteiger partial charge on any atom is 0.139 e. The molecule has 5 heteroatoms. The number of rotatable bonds is 2. The van der Waals surface area contributed by atoms with Crippen molar-refractivity contribution in [2.75, 3.05) is 11.1 Å². The third-order valence-corrected chi connectivity index (χ3v) is 2.82. The van der Waals surface area contributed by atoms with E-state index in [4.69, 9.17) is 5.73 Å². The molecule has 0 fully saturated rings. The predicted molar refractivity (Wildman–Crippen MR) is 70.3 cm³/mol. The van der Waals surface area contributed by atoms with E-state index < -0.39 is 0 Å². The molecule has 94 valence electrons. The standard InChI is InChI=1S/C13H15FN4/c1-7-10(14)5-4-6-11(7)18-13-8(2)12(15)16-9(3)17-13/h4-6H,1-3H3,(H3,15,16,17,18). The zero-order valence-corrected chi connectivity index (χ0v) is 10.6. The molecule has 0 aliphatic carbocycles. The van der Waals surface area contributed by atoms with E-state index in [1.54, 1.807) is 26.0 Å². The van der Waals surface area contributed by atoms with Crippen LogP contribution in [-0.2, 0) is 0 Å². The van der Waals surface area contributed by atoms with Gasteiger partial charge in [-0.2, -0.15) is 0 Å². The minimum atomic E-state index is -0.253. The highest BCUT2D eigenvalue weighted by molar-refractivity contribution is 5.66. The Bertz CT molecular complexity index is 596. The van der Waals surface area contributed by atoms with Crippen LogP contribution < -0.4 is 11.1 Å². The fourth-order valence-electron chi connectivity index (χ4n) is 1.64. The first-order valence-corrected chi connectivity index (χ1v) is 5.62. The van der Waals surface area contributed by atoms with E-state index in [1.165, 1.54) is 6.07 Å². The highest BCUT2D eigenvalue weighted by atomic mass is 19.1. The first kappa shape index (κ1) is 12.3. The molecule has 0 bridgehead atoms. The van der Waals surface area contributed by atoms with Crippen molar-refractivity contribution in [1.82, 2.24) is 9.97 Å². The zero-order chi connectivity index (χ0) is 13.3. The van der Waals surface area contributed by atoms with Crippen LogP contribution in [-0.4, -0.2) is 9.97 Å². The molecule has 1 aromatic heterocycles. The normalized spacial score (nSPS) is 10.4. The molecule has 3 N–H and O–H groups in total. The summed E-state index contributed by atoms with van der Waals surface area (Å²) in [5.74, 6) is 1.36. The summed E-state index contributed by atoms with van der Waals surface area (Å²) in [6.45, 7) is 5.30. The van der Waals surface area contributed by atoms with Gasteiger partial charge in [0.25, 0.3) is 0 Å². The van der Waals surface area contributed by atoms with Crippen LogP contribution >= 0.6 is 0 Å². The Morgan fingerprint density at radius 2 is 1.83 bits per heavy atom. The van der Waals surface area contributed by atoms with Gasteiger partial charge in [0.1, 0.15) is 23.3 Å². The van der Waals surface area contributed by atoms with Crippen molar-refractivity contribution in [2.24, 2.45) is 0 Å². The minimum absolute atomic E-state index is 0.253. The van der Waals surface area contributed by atoms with Gasteiger partial charge < -0.3 is 11.1 Å². The molecular weight excluding hydrogens is 231 g/mol. The van der Waals surface area contributed by atoms with Crippen molar-refractivity contribution in [1.29, 1.82) is 0 Å².